The molecule has 2 aliphatic rings. The molecule has 2 aromatic heterocycles. The normalized spacial score (nSPS) is 22.2. The fourth-order valence-corrected chi connectivity index (χ4v) is 3.82. The average Bonchev–Trinajstić information content (AvgIpc) is 3.19. The van der Waals surface area contributed by atoms with Gasteiger partial charge in [0.05, 0.1) is 12.3 Å². The number of hydrogen-bond donors (Lipinski definition) is 1. The summed E-state index contributed by atoms with van der Waals surface area (Å²) in [6.07, 6.45) is 8.74. The van der Waals surface area contributed by atoms with Crippen LogP contribution in [0.3, 0.4) is 0 Å². The third-order valence-corrected chi connectivity index (χ3v) is 5.31. The number of pyridine rings is 1. The lowest BCUT2D eigenvalue weighted by atomic mass is 9.92. The van der Waals surface area contributed by atoms with Crippen LogP contribution in [0.15, 0.2) is 30.7 Å². The molecule has 4 rings (SSSR count). The summed E-state index contributed by atoms with van der Waals surface area (Å²) in [5, 5.41) is 3.39. The number of nitrogens with one attached hydrogen (secondary N) is 1. The van der Waals surface area contributed by atoms with E-state index in [9.17, 15) is 0 Å². The molecule has 2 fully saturated rings. The summed E-state index contributed by atoms with van der Waals surface area (Å²) in [7, 11) is 0. The van der Waals surface area contributed by atoms with Crippen LogP contribution < -0.4 is 5.32 Å². The van der Waals surface area contributed by atoms with E-state index in [1.165, 1.54) is 6.42 Å². The number of anilines is 2. The second kappa shape index (κ2) is 7.45. The van der Waals surface area contributed by atoms with Crippen molar-refractivity contribution >= 4 is 11.6 Å². The van der Waals surface area contributed by atoms with Crippen molar-refractivity contribution < 1.29 is 4.74 Å². The summed E-state index contributed by atoms with van der Waals surface area (Å²) in [6.45, 7) is 6.07. The third kappa shape index (κ3) is 3.65. The van der Waals surface area contributed by atoms with Gasteiger partial charge in [-0.15, -0.1) is 0 Å². The van der Waals surface area contributed by atoms with Gasteiger partial charge in [0.15, 0.2) is 5.82 Å². The van der Waals surface area contributed by atoms with Gasteiger partial charge in [0.25, 0.3) is 0 Å². The van der Waals surface area contributed by atoms with E-state index in [2.05, 4.69) is 25.2 Å². The summed E-state index contributed by atoms with van der Waals surface area (Å²) in [5.74, 6) is 2.13. The molecule has 6 heteroatoms. The Morgan fingerprint density at radius 2 is 1.84 bits per heavy atom. The summed E-state index contributed by atoms with van der Waals surface area (Å²) >= 11 is 0. The molecule has 4 heterocycles. The van der Waals surface area contributed by atoms with Gasteiger partial charge in [-0.3, -0.25) is 9.88 Å². The van der Waals surface area contributed by atoms with Crippen LogP contribution in [0.4, 0.5) is 11.6 Å². The van der Waals surface area contributed by atoms with Crippen molar-refractivity contribution in [1.29, 1.82) is 0 Å². The van der Waals surface area contributed by atoms with Gasteiger partial charge in [0.2, 0.25) is 0 Å². The van der Waals surface area contributed by atoms with Crippen molar-refractivity contribution in [2.24, 2.45) is 0 Å². The van der Waals surface area contributed by atoms with Gasteiger partial charge >= 0.3 is 0 Å². The maximum atomic E-state index is 5.54. The maximum absolute atomic E-state index is 5.54. The molecule has 1 atom stereocenters. The number of hydrogen-bond acceptors (Lipinski definition) is 6. The van der Waals surface area contributed by atoms with E-state index in [-0.39, 0.29) is 0 Å². The largest absolute Gasteiger partial charge is 0.380 e. The molecule has 1 N–H and O–H groups in total. The predicted octanol–water partition coefficient (Wildman–Crippen LogP) is 2.89. The minimum Gasteiger partial charge on any atom is -0.380 e. The fraction of sp³-hybridized carbons (Fsp3) is 0.526. The van der Waals surface area contributed by atoms with E-state index >= 15 is 0 Å². The quantitative estimate of drug-likeness (QED) is 0.924. The highest BCUT2D eigenvalue weighted by atomic mass is 16.5. The van der Waals surface area contributed by atoms with Crippen LogP contribution in [-0.2, 0) is 4.74 Å². The minimum atomic E-state index is 0.443. The average molecular weight is 339 g/mol. The van der Waals surface area contributed by atoms with Gasteiger partial charge in [0, 0.05) is 37.2 Å². The van der Waals surface area contributed by atoms with Crippen LogP contribution in [-0.4, -0.2) is 52.2 Å². The maximum Gasteiger partial charge on any atom is 0.153 e. The highest BCUT2D eigenvalue weighted by molar-refractivity contribution is 5.57. The number of likely N-dealkylation sites (tertiary alicyclic amines) is 1. The number of ether oxygens (including phenoxy) is 1. The van der Waals surface area contributed by atoms with Crippen LogP contribution in [0.1, 0.15) is 36.4 Å². The molecule has 0 unspecified atom stereocenters. The Labute approximate surface area is 148 Å². The molecule has 0 amide bonds. The summed E-state index contributed by atoms with van der Waals surface area (Å²) in [6, 6.07) is 4.60. The summed E-state index contributed by atoms with van der Waals surface area (Å²) in [4.78, 5) is 16.2. The van der Waals surface area contributed by atoms with Crippen molar-refractivity contribution in [1.82, 2.24) is 19.9 Å². The van der Waals surface area contributed by atoms with E-state index in [4.69, 9.17) is 4.74 Å². The Balaban J connectivity index is 1.47. The van der Waals surface area contributed by atoms with Gasteiger partial charge in [-0.2, -0.15) is 0 Å². The molecule has 25 heavy (non-hydrogen) atoms. The lowest BCUT2D eigenvalue weighted by Crippen LogP contribution is -2.41. The van der Waals surface area contributed by atoms with E-state index in [1.54, 1.807) is 18.6 Å². The Kier molecular flexibility index (Phi) is 4.90. The standard InChI is InChI=1S/C19H25N5O/c1-14-3-2-7-21-18(14)23-19-17(20-8-9-22-19)15-4-10-24(11-5-15)16-6-12-25-13-16/h2-3,7-9,15-16H,4-6,10-13H2,1H3,(H,21,22,23)/t16-/m0/s1. The van der Waals surface area contributed by atoms with Crippen LogP contribution in [0.25, 0.3) is 0 Å². The van der Waals surface area contributed by atoms with Crippen molar-refractivity contribution in [2.45, 2.75) is 38.1 Å². The summed E-state index contributed by atoms with van der Waals surface area (Å²) < 4.78 is 5.54. The lowest BCUT2D eigenvalue weighted by molar-refractivity contribution is 0.121. The monoisotopic (exact) mass is 339 g/mol. The molecule has 0 radical (unpaired) electrons. The van der Waals surface area contributed by atoms with E-state index in [0.717, 1.165) is 62.0 Å². The van der Waals surface area contributed by atoms with Gasteiger partial charge in [-0.25, -0.2) is 9.97 Å². The van der Waals surface area contributed by atoms with Gasteiger partial charge in [-0.05, 0) is 50.9 Å². The van der Waals surface area contributed by atoms with Crippen molar-refractivity contribution in [3.63, 3.8) is 0 Å². The van der Waals surface area contributed by atoms with Crippen LogP contribution in [0, 0.1) is 6.92 Å². The Morgan fingerprint density at radius 1 is 1.04 bits per heavy atom. The van der Waals surface area contributed by atoms with Crippen LogP contribution in [0.5, 0.6) is 0 Å². The first-order chi connectivity index (χ1) is 12.3. The van der Waals surface area contributed by atoms with Gasteiger partial charge < -0.3 is 10.1 Å². The third-order valence-electron chi connectivity index (χ3n) is 5.31. The Hall–Kier alpha value is -2.05. The predicted molar refractivity (Wildman–Crippen MR) is 97.1 cm³/mol. The first kappa shape index (κ1) is 16.4. The minimum absolute atomic E-state index is 0.443. The van der Waals surface area contributed by atoms with Crippen molar-refractivity contribution in [2.75, 3.05) is 31.6 Å². The highest BCUT2D eigenvalue weighted by Crippen LogP contribution is 2.33. The lowest BCUT2D eigenvalue weighted by Gasteiger charge is -2.35. The molecule has 6 nitrogen and oxygen atoms in total. The first-order valence-corrected chi connectivity index (χ1v) is 9.12. The number of aryl methyl sites for hydroxylation is 1. The van der Waals surface area contributed by atoms with Gasteiger partial charge in [0.1, 0.15) is 5.82 Å². The zero-order valence-corrected chi connectivity index (χ0v) is 14.7. The number of aromatic nitrogens is 3. The Morgan fingerprint density at radius 3 is 2.60 bits per heavy atom. The number of nitrogens with zero attached hydrogens (tertiary/aromatic N) is 4. The summed E-state index contributed by atoms with van der Waals surface area (Å²) in [5.41, 5.74) is 2.17. The topological polar surface area (TPSA) is 63.2 Å². The fourth-order valence-electron chi connectivity index (χ4n) is 3.82. The smallest absolute Gasteiger partial charge is 0.153 e. The van der Waals surface area contributed by atoms with Crippen molar-refractivity contribution in [3.05, 3.63) is 42.0 Å². The molecule has 0 aliphatic carbocycles. The molecular formula is C19H25N5O. The van der Waals surface area contributed by atoms with E-state index in [1.807, 2.05) is 19.1 Å². The second-order valence-electron chi connectivity index (χ2n) is 6.91. The zero-order valence-electron chi connectivity index (χ0n) is 14.7. The Bertz CT molecular complexity index is 708. The highest BCUT2D eigenvalue weighted by Gasteiger charge is 2.30. The molecule has 0 saturated carbocycles. The molecule has 2 saturated heterocycles. The molecule has 132 valence electrons. The molecule has 2 aliphatic heterocycles. The zero-order chi connectivity index (χ0) is 17.1. The van der Waals surface area contributed by atoms with Crippen LogP contribution in [0.2, 0.25) is 0 Å². The van der Waals surface area contributed by atoms with Gasteiger partial charge in [-0.1, -0.05) is 6.07 Å². The number of rotatable bonds is 4. The van der Waals surface area contributed by atoms with E-state index < -0.39 is 0 Å². The molecular weight excluding hydrogens is 314 g/mol. The molecule has 0 bridgehead atoms. The SMILES string of the molecule is Cc1cccnc1Nc1nccnc1C1CCN([C@H]2CCOC2)CC1. The molecule has 0 aromatic carbocycles. The van der Waals surface area contributed by atoms with Crippen LogP contribution >= 0.6 is 0 Å². The van der Waals surface area contributed by atoms with E-state index in [0.29, 0.717) is 12.0 Å². The second-order valence-corrected chi connectivity index (χ2v) is 6.91. The number of piperidine rings is 1. The first-order valence-electron chi connectivity index (χ1n) is 9.12. The van der Waals surface area contributed by atoms with Crippen molar-refractivity contribution in [3.8, 4) is 0 Å². The molecule has 0 spiro atoms. The molecule has 2 aromatic rings.